The lowest BCUT2D eigenvalue weighted by atomic mass is 9.98. The van der Waals surface area contributed by atoms with Gasteiger partial charge in [0.25, 0.3) is 5.91 Å². The van der Waals surface area contributed by atoms with Crippen LogP contribution in [0.3, 0.4) is 0 Å². The van der Waals surface area contributed by atoms with Crippen molar-refractivity contribution in [3.05, 3.63) is 71.5 Å². The molecule has 4 rings (SSSR count). The number of thioether (sulfide) groups is 1. The van der Waals surface area contributed by atoms with Crippen molar-refractivity contribution >= 4 is 23.4 Å². The monoisotopic (exact) mass is 421 g/mol. The first-order valence-electron chi connectivity index (χ1n) is 9.64. The number of hydrazone groups is 1. The Labute approximate surface area is 179 Å². The van der Waals surface area contributed by atoms with Crippen LogP contribution >= 0.6 is 11.8 Å². The molecular weight excluding hydrogens is 398 g/mol. The van der Waals surface area contributed by atoms with Crippen LogP contribution in [0.15, 0.2) is 64.9 Å². The molecule has 0 spiro atoms. The fourth-order valence-corrected chi connectivity index (χ4v) is 4.15. The summed E-state index contributed by atoms with van der Waals surface area (Å²) in [4.78, 5) is 13.1. The Hall–Kier alpha value is -3.13. The van der Waals surface area contributed by atoms with Crippen molar-refractivity contribution in [2.24, 2.45) is 12.1 Å². The maximum Gasteiger partial charge on any atom is 0.253 e. The topological polar surface area (TPSA) is 72.6 Å². The largest absolute Gasteiger partial charge is 0.497 e. The molecule has 1 aliphatic heterocycles. The van der Waals surface area contributed by atoms with Crippen LogP contribution < -0.4 is 4.74 Å². The van der Waals surface area contributed by atoms with Crippen LogP contribution in [0.2, 0.25) is 0 Å². The zero-order chi connectivity index (χ0) is 21.1. The van der Waals surface area contributed by atoms with E-state index in [0.29, 0.717) is 11.6 Å². The number of aromatic nitrogens is 3. The second-order valence-electron chi connectivity index (χ2n) is 7.02. The summed E-state index contributed by atoms with van der Waals surface area (Å²) in [5.41, 5.74) is 2.96. The van der Waals surface area contributed by atoms with Crippen molar-refractivity contribution in [1.29, 1.82) is 0 Å². The minimum absolute atomic E-state index is 0.0626. The Morgan fingerprint density at radius 2 is 1.87 bits per heavy atom. The predicted octanol–water partition coefficient (Wildman–Crippen LogP) is 3.60. The Balaban J connectivity index is 1.58. The molecule has 1 atom stereocenters. The van der Waals surface area contributed by atoms with Crippen LogP contribution in [0.25, 0.3) is 0 Å². The zero-order valence-corrected chi connectivity index (χ0v) is 18.0. The van der Waals surface area contributed by atoms with Gasteiger partial charge in [-0.25, -0.2) is 5.01 Å². The Bertz CT molecular complexity index is 1060. The predicted molar refractivity (Wildman–Crippen MR) is 117 cm³/mol. The molecule has 1 amide bonds. The number of benzene rings is 2. The normalized spacial score (nSPS) is 15.9. The van der Waals surface area contributed by atoms with E-state index in [9.17, 15) is 4.79 Å². The third-order valence-corrected chi connectivity index (χ3v) is 6.16. The molecule has 1 aromatic heterocycles. The molecule has 30 heavy (non-hydrogen) atoms. The molecule has 0 saturated carbocycles. The average molecular weight is 422 g/mol. The molecule has 8 heteroatoms. The van der Waals surface area contributed by atoms with Gasteiger partial charge >= 0.3 is 0 Å². The van der Waals surface area contributed by atoms with E-state index in [2.05, 4.69) is 10.2 Å². The van der Waals surface area contributed by atoms with E-state index in [4.69, 9.17) is 9.84 Å². The van der Waals surface area contributed by atoms with Crippen LogP contribution in [0, 0.1) is 6.92 Å². The summed E-state index contributed by atoms with van der Waals surface area (Å²) in [6.45, 7) is 1.88. The maximum absolute atomic E-state index is 13.1. The molecule has 154 valence electrons. The highest BCUT2D eigenvalue weighted by Crippen LogP contribution is 2.34. The van der Waals surface area contributed by atoms with Crippen LogP contribution in [-0.2, 0) is 11.8 Å². The first kappa shape index (κ1) is 20.2. The number of nitrogens with zero attached hydrogens (tertiary/aromatic N) is 5. The summed E-state index contributed by atoms with van der Waals surface area (Å²) in [7, 11) is 3.53. The highest BCUT2D eigenvalue weighted by atomic mass is 32.2. The van der Waals surface area contributed by atoms with Gasteiger partial charge in [0, 0.05) is 13.5 Å². The van der Waals surface area contributed by atoms with E-state index in [1.165, 1.54) is 11.8 Å². The standard InChI is InChI=1S/C22H23N5O2S/c1-15-23-24-22(26(15)2)30-14-21(28)27-20(17-9-11-18(29-3)12-10-17)13-19(25-27)16-7-5-4-6-8-16/h4-12,20H,13-14H2,1-3H3/t20-/m1/s1. The summed E-state index contributed by atoms with van der Waals surface area (Å²) in [6, 6.07) is 17.6. The van der Waals surface area contributed by atoms with Gasteiger partial charge in [-0.15, -0.1) is 10.2 Å². The fraction of sp³-hybridized carbons (Fsp3) is 0.273. The van der Waals surface area contributed by atoms with Crippen molar-refractivity contribution in [1.82, 2.24) is 19.8 Å². The van der Waals surface area contributed by atoms with Gasteiger partial charge < -0.3 is 9.30 Å². The van der Waals surface area contributed by atoms with Crippen LogP contribution in [0.1, 0.15) is 29.4 Å². The SMILES string of the molecule is COc1ccc([C@H]2CC(c3ccccc3)=NN2C(=O)CSc2nnc(C)n2C)cc1. The van der Waals surface area contributed by atoms with Gasteiger partial charge in [0.1, 0.15) is 11.6 Å². The molecule has 0 N–H and O–H groups in total. The van der Waals surface area contributed by atoms with Crippen molar-refractivity contribution in [2.75, 3.05) is 12.9 Å². The molecule has 0 saturated heterocycles. The number of rotatable bonds is 6. The third kappa shape index (κ3) is 4.09. The number of ether oxygens (including phenoxy) is 1. The Morgan fingerprint density at radius 3 is 2.50 bits per heavy atom. The molecular formula is C22H23N5O2S. The van der Waals surface area contributed by atoms with Crippen molar-refractivity contribution in [3.63, 3.8) is 0 Å². The number of hydrogen-bond acceptors (Lipinski definition) is 6. The van der Waals surface area contributed by atoms with E-state index in [1.807, 2.05) is 73.1 Å². The lowest BCUT2D eigenvalue weighted by Crippen LogP contribution is -2.28. The fourth-order valence-electron chi connectivity index (χ4n) is 3.34. The summed E-state index contributed by atoms with van der Waals surface area (Å²) in [6.07, 6.45) is 0.663. The first-order valence-corrected chi connectivity index (χ1v) is 10.6. The van der Waals surface area contributed by atoms with Gasteiger partial charge in [-0.05, 0) is 30.2 Å². The number of methoxy groups -OCH3 is 1. The lowest BCUT2D eigenvalue weighted by molar-refractivity contribution is -0.130. The van der Waals surface area contributed by atoms with Crippen molar-refractivity contribution < 1.29 is 9.53 Å². The number of carbonyl (C=O) groups excluding carboxylic acids is 1. The lowest BCUT2D eigenvalue weighted by Gasteiger charge is -2.22. The van der Waals surface area contributed by atoms with Crippen LogP contribution in [0.5, 0.6) is 5.75 Å². The second-order valence-corrected chi connectivity index (χ2v) is 7.96. The van der Waals surface area contributed by atoms with E-state index >= 15 is 0 Å². The molecule has 0 aliphatic carbocycles. The summed E-state index contributed by atoms with van der Waals surface area (Å²) in [5.74, 6) is 1.77. The first-order chi connectivity index (χ1) is 14.6. The third-order valence-electron chi connectivity index (χ3n) is 5.15. The zero-order valence-electron chi connectivity index (χ0n) is 17.1. The average Bonchev–Trinajstić information content (AvgIpc) is 3.37. The summed E-state index contributed by atoms with van der Waals surface area (Å²) in [5, 5.41) is 15.2. The number of amides is 1. The van der Waals surface area contributed by atoms with Crippen LogP contribution in [-0.4, -0.2) is 44.3 Å². The van der Waals surface area contributed by atoms with Gasteiger partial charge in [-0.1, -0.05) is 54.2 Å². The minimum Gasteiger partial charge on any atom is -0.497 e. The highest BCUT2D eigenvalue weighted by Gasteiger charge is 2.33. The number of hydrogen-bond donors (Lipinski definition) is 0. The van der Waals surface area contributed by atoms with Gasteiger partial charge in [0.15, 0.2) is 5.16 Å². The highest BCUT2D eigenvalue weighted by molar-refractivity contribution is 7.99. The molecule has 7 nitrogen and oxygen atoms in total. The van der Waals surface area contributed by atoms with Crippen LogP contribution in [0.4, 0.5) is 0 Å². The van der Waals surface area contributed by atoms with Crippen molar-refractivity contribution in [3.8, 4) is 5.75 Å². The van der Waals surface area contributed by atoms with E-state index < -0.39 is 0 Å². The maximum atomic E-state index is 13.1. The molecule has 1 aliphatic rings. The minimum atomic E-state index is -0.152. The molecule has 0 unspecified atom stereocenters. The van der Waals surface area contributed by atoms with Crippen molar-refractivity contribution in [2.45, 2.75) is 24.5 Å². The van der Waals surface area contributed by atoms with Gasteiger partial charge in [0.2, 0.25) is 0 Å². The summed E-state index contributed by atoms with van der Waals surface area (Å²) >= 11 is 1.37. The summed E-state index contributed by atoms with van der Waals surface area (Å²) < 4.78 is 7.15. The molecule has 0 fully saturated rings. The number of carbonyl (C=O) groups is 1. The van der Waals surface area contributed by atoms with Gasteiger partial charge in [-0.2, -0.15) is 5.10 Å². The molecule has 2 heterocycles. The molecule has 3 aromatic rings. The Kier molecular flexibility index (Phi) is 5.85. The quantitative estimate of drug-likeness (QED) is 0.569. The smallest absolute Gasteiger partial charge is 0.253 e. The van der Waals surface area contributed by atoms with E-state index in [0.717, 1.165) is 28.4 Å². The van der Waals surface area contributed by atoms with E-state index in [1.54, 1.807) is 12.1 Å². The van der Waals surface area contributed by atoms with Gasteiger partial charge in [-0.3, -0.25) is 4.79 Å². The second kappa shape index (κ2) is 8.71. The molecule has 0 radical (unpaired) electrons. The van der Waals surface area contributed by atoms with Gasteiger partial charge in [0.05, 0.1) is 24.6 Å². The molecule has 2 aromatic carbocycles. The number of aryl methyl sites for hydroxylation is 1. The molecule has 0 bridgehead atoms. The van der Waals surface area contributed by atoms with E-state index in [-0.39, 0.29) is 17.7 Å². The Morgan fingerprint density at radius 1 is 1.13 bits per heavy atom.